The molecule has 34 heavy (non-hydrogen) atoms. The number of hydrogen-bond acceptors (Lipinski definition) is 4. The zero-order valence-electron chi connectivity index (χ0n) is 18.2. The van der Waals surface area contributed by atoms with Crippen molar-refractivity contribution >= 4 is 52.3 Å². The van der Waals surface area contributed by atoms with E-state index in [2.05, 4.69) is 0 Å². The van der Waals surface area contributed by atoms with Gasteiger partial charge in [0.1, 0.15) is 5.41 Å². The van der Waals surface area contributed by atoms with Crippen LogP contribution in [0.25, 0.3) is 6.08 Å². The predicted molar refractivity (Wildman–Crippen MR) is 133 cm³/mol. The highest BCUT2D eigenvalue weighted by Gasteiger charge is 2.71. The van der Waals surface area contributed by atoms with Crippen molar-refractivity contribution in [2.45, 2.75) is 24.9 Å². The second-order valence-corrected chi connectivity index (χ2v) is 9.94. The van der Waals surface area contributed by atoms with E-state index in [1.54, 1.807) is 42.5 Å². The van der Waals surface area contributed by atoms with Crippen LogP contribution >= 0.6 is 23.2 Å². The summed E-state index contributed by atoms with van der Waals surface area (Å²) >= 11 is 12.4. The molecule has 2 heterocycles. The lowest BCUT2D eigenvalue weighted by Crippen LogP contribution is -2.48. The normalized spacial score (nSPS) is 23.7. The number of carbonyl (C=O) groups excluding carboxylic acids is 3. The number of hydrogen-bond donors (Lipinski definition) is 0. The third kappa shape index (κ3) is 2.64. The number of Topliss-reactive ketones (excluding diaryl/α,β-unsaturated/α-hetero) is 3. The number of halogens is 2. The molecule has 1 aliphatic carbocycles. The molecule has 1 spiro atoms. The van der Waals surface area contributed by atoms with Gasteiger partial charge in [0.15, 0.2) is 17.3 Å². The Morgan fingerprint density at radius 3 is 2.12 bits per heavy atom. The number of nitrogens with zero attached hydrogens (tertiary/aromatic N) is 1. The van der Waals surface area contributed by atoms with E-state index in [-0.39, 0.29) is 17.3 Å². The summed E-state index contributed by atoms with van der Waals surface area (Å²) in [4.78, 5) is 43.7. The second kappa shape index (κ2) is 7.39. The minimum absolute atomic E-state index is 0.116. The first kappa shape index (κ1) is 21.3. The van der Waals surface area contributed by atoms with Crippen LogP contribution in [0.4, 0.5) is 5.69 Å². The molecule has 3 aliphatic rings. The van der Waals surface area contributed by atoms with Gasteiger partial charge in [0, 0.05) is 32.8 Å². The predicted octanol–water partition coefficient (Wildman–Crippen LogP) is 6.02. The molecule has 0 radical (unpaired) electrons. The highest BCUT2D eigenvalue weighted by molar-refractivity contribution is 6.33. The van der Waals surface area contributed by atoms with E-state index in [4.69, 9.17) is 23.2 Å². The van der Waals surface area contributed by atoms with Crippen molar-refractivity contribution in [2.24, 2.45) is 5.41 Å². The largest absolute Gasteiger partial charge is 0.352 e. The maximum absolute atomic E-state index is 14.2. The third-order valence-electron chi connectivity index (χ3n) is 7.41. The molecule has 1 unspecified atom stereocenters. The van der Waals surface area contributed by atoms with Gasteiger partial charge >= 0.3 is 0 Å². The first-order chi connectivity index (χ1) is 16.4. The van der Waals surface area contributed by atoms with E-state index in [1.807, 2.05) is 41.3 Å². The quantitative estimate of drug-likeness (QED) is 0.415. The Bertz CT molecular complexity index is 1390. The van der Waals surface area contributed by atoms with Crippen molar-refractivity contribution < 1.29 is 14.4 Å². The van der Waals surface area contributed by atoms with Gasteiger partial charge in [-0.05, 0) is 48.4 Å². The Hall–Kier alpha value is -3.21. The molecule has 168 valence electrons. The number of ketones is 3. The molecule has 2 aliphatic heterocycles. The van der Waals surface area contributed by atoms with E-state index in [0.29, 0.717) is 21.2 Å². The topological polar surface area (TPSA) is 54.5 Å². The zero-order chi connectivity index (χ0) is 23.8. The van der Waals surface area contributed by atoms with Crippen LogP contribution in [0.2, 0.25) is 10.0 Å². The van der Waals surface area contributed by atoms with Crippen molar-refractivity contribution in [3.05, 3.63) is 105 Å². The second-order valence-electron chi connectivity index (χ2n) is 9.07. The standard InChI is InChI=1S/C28H19Cl2NO3/c1-15(32)25-24(16-6-9-18(29)10-7-16)28(26(33)20-4-2-3-5-21(20)27(28)34)23-13-8-17-14-19(30)11-12-22(17)31(23)25/h2-14,23-25H,1H3/t23?,24-,25-/m0/s1. The van der Waals surface area contributed by atoms with Gasteiger partial charge in [-0.25, -0.2) is 0 Å². The lowest BCUT2D eigenvalue weighted by molar-refractivity contribution is -0.118. The van der Waals surface area contributed by atoms with Crippen LogP contribution in [0.1, 0.15) is 44.7 Å². The van der Waals surface area contributed by atoms with E-state index in [9.17, 15) is 14.4 Å². The van der Waals surface area contributed by atoms with Crippen LogP contribution < -0.4 is 4.90 Å². The average Bonchev–Trinajstić information content (AvgIpc) is 3.26. The highest BCUT2D eigenvalue weighted by atomic mass is 35.5. The fourth-order valence-corrected chi connectivity index (χ4v) is 6.45. The van der Waals surface area contributed by atoms with Gasteiger partial charge in [0.05, 0.1) is 12.1 Å². The molecule has 3 aromatic rings. The van der Waals surface area contributed by atoms with Crippen LogP contribution in [-0.4, -0.2) is 29.4 Å². The fraction of sp³-hybridized carbons (Fsp3) is 0.179. The third-order valence-corrected chi connectivity index (χ3v) is 7.90. The Kier molecular flexibility index (Phi) is 4.64. The van der Waals surface area contributed by atoms with Gasteiger partial charge in [-0.1, -0.05) is 71.8 Å². The molecular formula is C28H19Cl2NO3. The summed E-state index contributed by atoms with van der Waals surface area (Å²) in [6.45, 7) is 1.52. The van der Waals surface area contributed by atoms with E-state index in [0.717, 1.165) is 16.8 Å². The first-order valence-corrected chi connectivity index (χ1v) is 11.8. The van der Waals surface area contributed by atoms with Gasteiger partial charge in [0.25, 0.3) is 0 Å². The lowest BCUT2D eigenvalue weighted by atomic mass is 9.64. The van der Waals surface area contributed by atoms with Crippen molar-refractivity contribution in [2.75, 3.05) is 4.90 Å². The maximum atomic E-state index is 14.2. The summed E-state index contributed by atoms with van der Waals surface area (Å²) in [6.07, 6.45) is 3.78. The Morgan fingerprint density at radius 1 is 0.882 bits per heavy atom. The smallest absolute Gasteiger partial charge is 0.180 e. The number of anilines is 1. The van der Waals surface area contributed by atoms with E-state index in [1.165, 1.54) is 6.92 Å². The van der Waals surface area contributed by atoms with Crippen molar-refractivity contribution in [3.8, 4) is 0 Å². The molecule has 0 bridgehead atoms. The molecule has 3 aromatic carbocycles. The van der Waals surface area contributed by atoms with Crippen molar-refractivity contribution in [1.29, 1.82) is 0 Å². The summed E-state index contributed by atoms with van der Waals surface area (Å²) in [6, 6.07) is 18.2. The molecule has 0 aromatic heterocycles. The molecule has 4 nitrogen and oxygen atoms in total. The fourth-order valence-electron chi connectivity index (χ4n) is 6.14. The molecule has 6 heteroatoms. The van der Waals surface area contributed by atoms with Crippen LogP contribution in [0.15, 0.2) is 72.8 Å². The minimum Gasteiger partial charge on any atom is -0.352 e. The molecular weight excluding hydrogens is 469 g/mol. The molecule has 1 fully saturated rings. The first-order valence-electron chi connectivity index (χ1n) is 11.1. The van der Waals surface area contributed by atoms with Gasteiger partial charge < -0.3 is 4.90 Å². The molecule has 1 saturated heterocycles. The summed E-state index contributed by atoms with van der Waals surface area (Å²) in [5, 5.41) is 1.12. The summed E-state index contributed by atoms with van der Waals surface area (Å²) in [7, 11) is 0. The SMILES string of the molecule is CC(=O)[C@H]1[C@H](c2ccc(Cl)cc2)C2(C(=O)c3ccccc3C2=O)C2C=Cc3cc(Cl)ccc3N21. The molecule has 0 N–H and O–H groups in total. The van der Waals surface area contributed by atoms with Crippen LogP contribution in [0, 0.1) is 5.41 Å². The summed E-state index contributed by atoms with van der Waals surface area (Å²) in [5.41, 5.74) is 1.71. The molecule has 3 atom stereocenters. The Balaban J connectivity index is 1.68. The zero-order valence-corrected chi connectivity index (χ0v) is 19.7. The highest BCUT2D eigenvalue weighted by Crippen LogP contribution is 2.60. The Morgan fingerprint density at radius 2 is 1.50 bits per heavy atom. The van der Waals surface area contributed by atoms with Crippen LogP contribution in [-0.2, 0) is 4.79 Å². The number of fused-ring (bicyclic) bond motifs is 5. The lowest BCUT2D eigenvalue weighted by Gasteiger charge is -2.37. The van der Waals surface area contributed by atoms with Crippen molar-refractivity contribution in [3.63, 3.8) is 0 Å². The number of benzene rings is 3. The van der Waals surface area contributed by atoms with E-state index >= 15 is 0 Å². The summed E-state index contributed by atoms with van der Waals surface area (Å²) in [5.74, 6) is -1.29. The minimum atomic E-state index is -1.47. The molecule has 0 saturated carbocycles. The maximum Gasteiger partial charge on any atom is 0.180 e. The van der Waals surface area contributed by atoms with Crippen LogP contribution in [0.5, 0.6) is 0 Å². The van der Waals surface area contributed by atoms with Crippen molar-refractivity contribution in [1.82, 2.24) is 0 Å². The molecule has 6 rings (SSSR count). The summed E-state index contributed by atoms with van der Waals surface area (Å²) < 4.78 is 0. The van der Waals surface area contributed by atoms with Gasteiger partial charge in [0.2, 0.25) is 0 Å². The van der Waals surface area contributed by atoms with Gasteiger partial charge in [-0.15, -0.1) is 0 Å². The van der Waals surface area contributed by atoms with Gasteiger partial charge in [-0.3, -0.25) is 14.4 Å². The Labute approximate surface area is 206 Å². The number of rotatable bonds is 2. The van der Waals surface area contributed by atoms with E-state index < -0.39 is 23.4 Å². The van der Waals surface area contributed by atoms with Gasteiger partial charge in [-0.2, -0.15) is 0 Å². The van der Waals surface area contributed by atoms with Crippen LogP contribution in [0.3, 0.4) is 0 Å². The average molecular weight is 488 g/mol. The number of carbonyl (C=O) groups is 3. The monoisotopic (exact) mass is 487 g/mol. The molecule has 0 amide bonds.